The Balaban J connectivity index is 1.78. The number of nitrogens with zero attached hydrogens (tertiary/aromatic N) is 2. The van der Waals surface area contributed by atoms with Crippen molar-refractivity contribution in [2.75, 3.05) is 29.4 Å². The third kappa shape index (κ3) is 3.67. The molecule has 0 aromatic heterocycles. The largest absolute Gasteiger partial charge is 0.315 e. The third-order valence-electron chi connectivity index (χ3n) is 6.50. The number of carbonyl (C=O) groups excluding carboxylic acids is 2. The highest BCUT2D eigenvalue weighted by Gasteiger charge is 2.41. The van der Waals surface area contributed by atoms with E-state index in [9.17, 15) is 9.59 Å². The second kappa shape index (κ2) is 7.70. The van der Waals surface area contributed by atoms with Crippen molar-refractivity contribution >= 4 is 23.2 Å². The van der Waals surface area contributed by atoms with Crippen molar-refractivity contribution in [1.29, 1.82) is 0 Å². The van der Waals surface area contributed by atoms with Crippen LogP contribution in [-0.2, 0) is 15.1 Å². The fourth-order valence-corrected chi connectivity index (χ4v) is 4.86. The molecule has 1 saturated carbocycles. The first kappa shape index (κ1) is 20.3. The van der Waals surface area contributed by atoms with Gasteiger partial charge in [-0.3, -0.25) is 14.9 Å². The summed E-state index contributed by atoms with van der Waals surface area (Å²) >= 11 is 0. The lowest BCUT2D eigenvalue weighted by molar-refractivity contribution is -0.120. The van der Waals surface area contributed by atoms with E-state index in [0.717, 1.165) is 49.2 Å². The number of amides is 2. The number of carbonyl (C=O) groups is 2. The molecule has 2 fully saturated rings. The second-order valence-electron chi connectivity index (χ2n) is 8.87. The molecule has 2 aliphatic heterocycles. The van der Waals surface area contributed by atoms with Gasteiger partial charge in [-0.15, -0.1) is 0 Å². The molecule has 3 atom stereocenters. The van der Waals surface area contributed by atoms with Gasteiger partial charge in [0.25, 0.3) is 0 Å². The molecule has 1 aromatic rings. The van der Waals surface area contributed by atoms with Crippen LogP contribution in [0.25, 0.3) is 0 Å². The molecule has 2 unspecified atom stereocenters. The molecule has 0 bridgehead atoms. The Morgan fingerprint density at radius 2 is 2.03 bits per heavy atom. The predicted octanol–water partition coefficient (Wildman–Crippen LogP) is 1.66. The summed E-state index contributed by atoms with van der Waals surface area (Å²) in [4.78, 5) is 29.2. The highest BCUT2D eigenvalue weighted by atomic mass is 16.2. The van der Waals surface area contributed by atoms with Crippen LogP contribution in [0.2, 0.25) is 0 Å². The van der Waals surface area contributed by atoms with Crippen LogP contribution < -0.4 is 26.2 Å². The van der Waals surface area contributed by atoms with Crippen LogP contribution in [0.15, 0.2) is 18.2 Å². The van der Waals surface area contributed by atoms with Crippen molar-refractivity contribution in [3.05, 3.63) is 23.8 Å². The number of benzene rings is 1. The molecule has 7 nitrogen and oxygen atoms in total. The number of hydrogen-bond acceptors (Lipinski definition) is 5. The molecule has 2 amide bonds. The lowest BCUT2D eigenvalue weighted by Gasteiger charge is -2.44. The molecule has 0 spiro atoms. The fourth-order valence-electron chi connectivity index (χ4n) is 4.86. The zero-order valence-corrected chi connectivity index (χ0v) is 17.7. The summed E-state index contributed by atoms with van der Waals surface area (Å²) in [6, 6.07) is 6.21. The van der Waals surface area contributed by atoms with Gasteiger partial charge in [0.2, 0.25) is 11.8 Å². The van der Waals surface area contributed by atoms with Crippen LogP contribution in [0, 0.1) is 5.92 Å². The van der Waals surface area contributed by atoms with Crippen LogP contribution in [0.4, 0.5) is 11.4 Å². The van der Waals surface area contributed by atoms with Crippen molar-refractivity contribution in [1.82, 2.24) is 10.6 Å². The Hall–Kier alpha value is -1.96. The fraction of sp³-hybridized carbons (Fsp3) is 0.636. The summed E-state index contributed by atoms with van der Waals surface area (Å²) in [7, 11) is 0. The molecule has 158 valence electrons. The van der Waals surface area contributed by atoms with Gasteiger partial charge in [0.05, 0.1) is 29.1 Å². The zero-order valence-electron chi connectivity index (χ0n) is 17.7. The quantitative estimate of drug-likeness (QED) is 0.716. The van der Waals surface area contributed by atoms with Crippen molar-refractivity contribution < 1.29 is 9.59 Å². The molecule has 7 heteroatoms. The Morgan fingerprint density at radius 1 is 1.28 bits per heavy atom. The molecule has 2 heterocycles. The van der Waals surface area contributed by atoms with Crippen molar-refractivity contribution in [2.45, 2.75) is 64.2 Å². The number of rotatable bonds is 4. The SMILES string of the molecule is CCCC1(c2ccc3c(c2)N(C(=O)C2CC2)C[C@H](C)N3C(C)=O)CNC(N)CN1. The molecule has 1 saturated heterocycles. The zero-order chi connectivity index (χ0) is 20.8. The standard InChI is InChI=1S/C22H33N5O2/c1-4-9-22(13-24-20(23)11-25-22)17-7-8-18-19(10-17)26(21(29)16-5-6-16)12-14(2)27(18)15(3)28/h7-8,10,14,16,20,24-25H,4-6,9,11-13,23H2,1-3H3/t14-,20?,22?/m0/s1. The number of nitrogens with one attached hydrogen (secondary N) is 2. The van der Waals surface area contributed by atoms with Gasteiger partial charge in [-0.1, -0.05) is 19.4 Å². The van der Waals surface area contributed by atoms with Gasteiger partial charge in [-0.05, 0) is 43.9 Å². The number of nitrogens with two attached hydrogens (primary N) is 1. The van der Waals surface area contributed by atoms with Crippen LogP contribution in [-0.4, -0.2) is 43.7 Å². The summed E-state index contributed by atoms with van der Waals surface area (Å²) in [5, 5.41) is 7.06. The smallest absolute Gasteiger partial charge is 0.230 e. The maximum absolute atomic E-state index is 13.1. The summed E-state index contributed by atoms with van der Waals surface area (Å²) in [5.41, 5.74) is 8.65. The van der Waals surface area contributed by atoms with E-state index in [2.05, 4.69) is 29.7 Å². The van der Waals surface area contributed by atoms with Gasteiger partial charge in [0, 0.05) is 32.5 Å². The first-order chi connectivity index (χ1) is 13.9. The maximum atomic E-state index is 13.1. The van der Waals surface area contributed by atoms with Gasteiger partial charge < -0.3 is 20.9 Å². The minimum absolute atomic E-state index is 0.0109. The van der Waals surface area contributed by atoms with Crippen molar-refractivity contribution in [3.8, 4) is 0 Å². The van der Waals surface area contributed by atoms with E-state index in [1.54, 1.807) is 6.92 Å². The molecular formula is C22H33N5O2. The molecular weight excluding hydrogens is 366 g/mol. The van der Waals surface area contributed by atoms with Crippen LogP contribution in [0.1, 0.15) is 52.0 Å². The van der Waals surface area contributed by atoms with E-state index in [1.165, 1.54) is 0 Å². The van der Waals surface area contributed by atoms with Crippen molar-refractivity contribution in [2.24, 2.45) is 11.7 Å². The van der Waals surface area contributed by atoms with E-state index >= 15 is 0 Å². The molecule has 0 radical (unpaired) electrons. The molecule has 29 heavy (non-hydrogen) atoms. The highest BCUT2D eigenvalue weighted by molar-refractivity contribution is 6.05. The topological polar surface area (TPSA) is 90.7 Å². The third-order valence-corrected chi connectivity index (χ3v) is 6.50. The summed E-state index contributed by atoms with van der Waals surface area (Å²) in [5.74, 6) is 0.344. The van der Waals surface area contributed by atoms with Gasteiger partial charge in [0.1, 0.15) is 0 Å². The lowest BCUT2D eigenvalue weighted by Crippen LogP contribution is -2.63. The molecule has 4 N–H and O–H groups in total. The molecule has 4 rings (SSSR count). The first-order valence-electron chi connectivity index (χ1n) is 10.9. The van der Waals surface area contributed by atoms with E-state index in [1.807, 2.05) is 22.8 Å². The van der Waals surface area contributed by atoms with Gasteiger partial charge in [-0.2, -0.15) is 0 Å². The van der Waals surface area contributed by atoms with E-state index in [4.69, 9.17) is 5.73 Å². The lowest BCUT2D eigenvalue weighted by atomic mass is 9.83. The molecule has 1 aromatic carbocycles. The molecule has 3 aliphatic rings. The summed E-state index contributed by atoms with van der Waals surface area (Å²) < 4.78 is 0. The Kier molecular flexibility index (Phi) is 5.40. The van der Waals surface area contributed by atoms with Crippen molar-refractivity contribution in [3.63, 3.8) is 0 Å². The number of anilines is 2. The average molecular weight is 400 g/mol. The highest BCUT2D eigenvalue weighted by Crippen LogP contribution is 2.42. The predicted molar refractivity (Wildman–Crippen MR) is 115 cm³/mol. The minimum Gasteiger partial charge on any atom is -0.315 e. The normalized spacial score (nSPS) is 29.5. The Morgan fingerprint density at radius 3 is 2.62 bits per heavy atom. The van der Waals surface area contributed by atoms with E-state index in [-0.39, 0.29) is 35.5 Å². The Bertz CT molecular complexity index is 798. The van der Waals surface area contributed by atoms with E-state index in [0.29, 0.717) is 13.1 Å². The number of hydrogen-bond donors (Lipinski definition) is 3. The van der Waals surface area contributed by atoms with E-state index < -0.39 is 0 Å². The minimum atomic E-state index is -0.224. The van der Waals surface area contributed by atoms with Crippen LogP contribution >= 0.6 is 0 Å². The first-order valence-corrected chi connectivity index (χ1v) is 10.9. The van der Waals surface area contributed by atoms with Crippen LogP contribution in [0.3, 0.4) is 0 Å². The maximum Gasteiger partial charge on any atom is 0.230 e. The average Bonchev–Trinajstić information content (AvgIpc) is 3.53. The summed E-state index contributed by atoms with van der Waals surface area (Å²) in [6.45, 7) is 7.76. The molecule has 1 aliphatic carbocycles. The number of piperazine rings is 1. The number of fused-ring (bicyclic) bond motifs is 1. The Labute approximate surface area is 173 Å². The van der Waals surface area contributed by atoms with Gasteiger partial charge >= 0.3 is 0 Å². The van der Waals surface area contributed by atoms with Crippen LogP contribution in [0.5, 0.6) is 0 Å². The van der Waals surface area contributed by atoms with Gasteiger partial charge in [-0.25, -0.2) is 0 Å². The van der Waals surface area contributed by atoms with Gasteiger partial charge in [0.15, 0.2) is 0 Å². The second-order valence-corrected chi connectivity index (χ2v) is 8.87. The summed E-state index contributed by atoms with van der Waals surface area (Å²) in [6.07, 6.45) is 3.88. The monoisotopic (exact) mass is 399 g/mol.